The second-order valence-electron chi connectivity index (χ2n) is 8.25. The van der Waals surface area contributed by atoms with Gasteiger partial charge in [0.1, 0.15) is 6.04 Å². The Morgan fingerprint density at radius 3 is 2.48 bits per heavy atom. The van der Waals surface area contributed by atoms with Gasteiger partial charge in [-0.15, -0.1) is 0 Å². The maximum Gasteiger partial charge on any atom is 0.326 e. The van der Waals surface area contributed by atoms with Gasteiger partial charge in [-0.05, 0) is 23.3 Å². The molecule has 1 aliphatic carbocycles. The molecule has 172 valence electrons. The number of likely N-dealkylation sites (tertiary alicyclic amines) is 1. The van der Waals surface area contributed by atoms with Gasteiger partial charge in [0, 0.05) is 23.1 Å². The Labute approximate surface area is 187 Å². The largest absolute Gasteiger partial charge is 0.480 e. The van der Waals surface area contributed by atoms with Crippen molar-refractivity contribution in [2.45, 2.75) is 24.2 Å². The number of benzene rings is 2. The number of halogens is 2. The molecule has 1 atom stereocenters. The highest BCUT2D eigenvalue weighted by molar-refractivity contribution is 5.98. The van der Waals surface area contributed by atoms with Crippen LogP contribution in [0, 0.1) is 0 Å². The van der Waals surface area contributed by atoms with E-state index in [0.717, 1.165) is 11.0 Å². The monoisotopic (exact) mass is 458 g/mol. The molecular weight excluding hydrogens is 438 g/mol. The zero-order valence-electron chi connectivity index (χ0n) is 17.3. The summed E-state index contributed by atoms with van der Waals surface area (Å²) in [5.74, 6) is -6.94. The highest BCUT2D eigenvalue weighted by Crippen LogP contribution is 2.50. The van der Waals surface area contributed by atoms with Crippen LogP contribution in [0.2, 0.25) is 0 Å². The average Bonchev–Trinajstić information content (AvgIpc) is 3.49. The van der Waals surface area contributed by atoms with E-state index in [1.807, 2.05) is 0 Å². The molecule has 2 aromatic rings. The highest BCUT2D eigenvalue weighted by Gasteiger charge is 2.52. The molecule has 2 aromatic carbocycles. The third-order valence-electron chi connectivity index (χ3n) is 6.29. The number of alkyl halides is 2. The van der Waals surface area contributed by atoms with Gasteiger partial charge in [-0.1, -0.05) is 30.3 Å². The third-order valence-corrected chi connectivity index (χ3v) is 6.29. The lowest BCUT2D eigenvalue weighted by molar-refractivity contribution is -0.152. The van der Waals surface area contributed by atoms with Gasteiger partial charge in [-0.25, -0.2) is 4.79 Å². The average molecular weight is 458 g/mol. The summed E-state index contributed by atoms with van der Waals surface area (Å²) >= 11 is 0. The van der Waals surface area contributed by atoms with Gasteiger partial charge < -0.3 is 24.8 Å². The summed E-state index contributed by atoms with van der Waals surface area (Å²) in [6.07, 6.45) is -0.0114. The fraction of sp³-hybridized carbons (Fsp3) is 0.348. The minimum atomic E-state index is -3.24. The number of hydrogen-bond acceptors (Lipinski definition) is 5. The number of nitrogens with zero attached hydrogens (tertiary/aromatic N) is 1. The first-order chi connectivity index (χ1) is 15.7. The summed E-state index contributed by atoms with van der Waals surface area (Å²) < 4.78 is 40.8. The van der Waals surface area contributed by atoms with Gasteiger partial charge in [0.15, 0.2) is 5.79 Å². The van der Waals surface area contributed by atoms with Gasteiger partial charge in [-0.2, -0.15) is 8.78 Å². The lowest BCUT2D eigenvalue weighted by atomic mass is 10.0. The van der Waals surface area contributed by atoms with E-state index >= 15 is 0 Å². The van der Waals surface area contributed by atoms with Gasteiger partial charge in [0.05, 0.1) is 26.3 Å². The molecule has 2 N–H and O–H groups in total. The lowest BCUT2D eigenvalue weighted by Gasteiger charge is -2.23. The number of nitrogens with one attached hydrogen (secondary N) is 1. The van der Waals surface area contributed by atoms with Crippen LogP contribution in [0.3, 0.4) is 0 Å². The Kier molecular flexibility index (Phi) is 4.95. The molecular formula is C23H20F2N2O6. The smallest absolute Gasteiger partial charge is 0.326 e. The van der Waals surface area contributed by atoms with E-state index < -0.39 is 42.1 Å². The van der Waals surface area contributed by atoms with Crippen LogP contribution in [-0.4, -0.2) is 65.9 Å². The normalized spacial score (nSPS) is 21.6. The molecule has 1 spiro atoms. The zero-order valence-corrected chi connectivity index (χ0v) is 17.3. The van der Waals surface area contributed by atoms with Crippen LogP contribution in [-0.2, 0) is 25.0 Å². The topological polar surface area (TPSA) is 105 Å². The van der Waals surface area contributed by atoms with Crippen molar-refractivity contribution in [1.82, 2.24) is 10.2 Å². The predicted octanol–water partition coefficient (Wildman–Crippen LogP) is 1.97. The Morgan fingerprint density at radius 2 is 1.76 bits per heavy atom. The Balaban J connectivity index is 1.30. The van der Waals surface area contributed by atoms with Crippen LogP contribution >= 0.6 is 0 Å². The number of carbonyl (C=O) groups is 3. The minimum Gasteiger partial charge on any atom is -0.480 e. The second-order valence-corrected chi connectivity index (χ2v) is 8.25. The first-order valence-corrected chi connectivity index (χ1v) is 10.4. The Bertz CT molecular complexity index is 1160. The lowest BCUT2D eigenvalue weighted by Crippen LogP contribution is -2.46. The first-order valence-electron chi connectivity index (χ1n) is 10.4. The number of fused-ring (bicyclic) bond motifs is 3. The molecule has 3 aliphatic rings. The molecule has 0 radical (unpaired) electrons. The van der Waals surface area contributed by atoms with E-state index in [1.54, 1.807) is 12.1 Å². The number of carboxylic acids is 1. The number of rotatable bonds is 4. The Hall–Kier alpha value is -3.37. The molecule has 33 heavy (non-hydrogen) atoms. The summed E-state index contributed by atoms with van der Waals surface area (Å²) in [5, 5.41) is 11.9. The fourth-order valence-corrected chi connectivity index (χ4v) is 4.70. The summed E-state index contributed by atoms with van der Waals surface area (Å²) in [6.45, 7) is 0.0459. The molecule has 8 nitrogen and oxygen atoms in total. The molecule has 2 amide bonds. The molecule has 2 saturated heterocycles. The van der Waals surface area contributed by atoms with Gasteiger partial charge in [0.25, 0.3) is 11.8 Å². The third kappa shape index (κ3) is 3.46. The van der Waals surface area contributed by atoms with Crippen molar-refractivity contribution in [2.24, 2.45) is 0 Å². The fourth-order valence-electron chi connectivity index (χ4n) is 4.70. The molecule has 10 heteroatoms. The van der Waals surface area contributed by atoms with E-state index in [4.69, 9.17) is 9.47 Å². The highest BCUT2D eigenvalue weighted by atomic mass is 19.3. The number of carbonyl (C=O) groups excluding carboxylic acids is 2. The van der Waals surface area contributed by atoms with Crippen molar-refractivity contribution in [2.75, 3.05) is 26.3 Å². The molecule has 0 saturated carbocycles. The van der Waals surface area contributed by atoms with Crippen molar-refractivity contribution >= 4 is 17.8 Å². The van der Waals surface area contributed by atoms with Crippen LogP contribution in [0.5, 0.6) is 0 Å². The standard InChI is InChI=1S/C23H20F2N2O6/c24-23(25)16-4-2-1-3-14(16)15-6-5-13(9-17(15)23)20(29)26-11-19(28)27-12-22(32-7-8-33-22)10-18(27)21(30)31/h1-6,9,18H,7-8,10-12H2,(H,26,29)(H,30,31). The molecule has 0 aromatic heterocycles. The summed E-state index contributed by atoms with van der Waals surface area (Å²) in [6, 6.07) is 9.02. The van der Waals surface area contributed by atoms with E-state index in [-0.39, 0.29) is 29.7 Å². The van der Waals surface area contributed by atoms with Crippen molar-refractivity contribution < 1.29 is 37.7 Å². The number of aliphatic carboxylic acids is 1. The van der Waals surface area contributed by atoms with Crippen molar-refractivity contribution in [1.29, 1.82) is 0 Å². The van der Waals surface area contributed by atoms with Crippen molar-refractivity contribution in [3.8, 4) is 11.1 Å². The van der Waals surface area contributed by atoms with E-state index in [9.17, 15) is 28.3 Å². The van der Waals surface area contributed by atoms with Crippen molar-refractivity contribution in [3.05, 3.63) is 59.2 Å². The summed E-state index contributed by atoms with van der Waals surface area (Å²) in [7, 11) is 0. The predicted molar refractivity (Wildman–Crippen MR) is 110 cm³/mol. The minimum absolute atomic E-state index is 0.0114. The molecule has 2 heterocycles. The van der Waals surface area contributed by atoms with Crippen LogP contribution in [0.15, 0.2) is 42.5 Å². The molecule has 2 aliphatic heterocycles. The molecule has 0 bridgehead atoms. The molecule has 1 unspecified atom stereocenters. The van der Waals surface area contributed by atoms with Gasteiger partial charge in [0.2, 0.25) is 5.91 Å². The number of amides is 2. The second kappa shape index (κ2) is 7.60. The zero-order chi connectivity index (χ0) is 23.4. The quantitative estimate of drug-likeness (QED) is 0.726. The van der Waals surface area contributed by atoms with Crippen molar-refractivity contribution in [3.63, 3.8) is 0 Å². The van der Waals surface area contributed by atoms with Crippen LogP contribution in [0.1, 0.15) is 27.9 Å². The van der Waals surface area contributed by atoms with Gasteiger partial charge >= 0.3 is 5.97 Å². The van der Waals surface area contributed by atoms with Crippen LogP contribution in [0.4, 0.5) is 8.78 Å². The SMILES string of the molecule is O=C(NCC(=O)N1CC2(CC1C(=O)O)OCCO2)c1ccc2c(c1)C(F)(F)c1ccccc1-2. The molecule has 5 rings (SSSR count). The number of ether oxygens (including phenoxy) is 2. The maximum absolute atomic E-state index is 14.9. The van der Waals surface area contributed by atoms with Crippen LogP contribution in [0.25, 0.3) is 11.1 Å². The van der Waals surface area contributed by atoms with Gasteiger partial charge in [-0.3, -0.25) is 9.59 Å². The van der Waals surface area contributed by atoms with E-state index in [2.05, 4.69) is 5.32 Å². The summed E-state index contributed by atoms with van der Waals surface area (Å²) in [4.78, 5) is 38.0. The maximum atomic E-state index is 14.9. The summed E-state index contributed by atoms with van der Waals surface area (Å²) in [5.41, 5.74) is 0.353. The first kappa shape index (κ1) is 21.5. The number of hydrogen-bond donors (Lipinski definition) is 2. The Morgan fingerprint density at radius 1 is 1.06 bits per heavy atom. The van der Waals surface area contributed by atoms with Crippen LogP contribution < -0.4 is 5.32 Å². The number of carboxylic acid groups (broad SMARTS) is 1. The molecule has 2 fully saturated rings. The van der Waals surface area contributed by atoms with E-state index in [1.165, 1.54) is 24.3 Å². The van der Waals surface area contributed by atoms with E-state index in [0.29, 0.717) is 24.3 Å².